The molecule has 2 aliphatic rings. The maximum absolute atomic E-state index is 13.5. The minimum atomic E-state index is -0.497. The zero-order valence-corrected chi connectivity index (χ0v) is 18.4. The molecule has 2 aromatic rings. The molecule has 4 heteroatoms. The Labute approximate surface area is 180 Å². The van der Waals surface area contributed by atoms with Gasteiger partial charge in [0.1, 0.15) is 0 Å². The summed E-state index contributed by atoms with van der Waals surface area (Å²) >= 11 is 0. The van der Waals surface area contributed by atoms with Crippen molar-refractivity contribution in [2.24, 2.45) is 0 Å². The number of hydrogen-bond donors (Lipinski definition) is 1. The van der Waals surface area contributed by atoms with Crippen LogP contribution in [0, 0.1) is 13.8 Å². The molecule has 2 aliphatic heterocycles. The maximum Gasteiger partial charge on any atom is 0.231 e. The quantitative estimate of drug-likeness (QED) is 0.785. The number of nitrogens with zero attached hydrogens (tertiary/aromatic N) is 1. The van der Waals surface area contributed by atoms with Crippen molar-refractivity contribution in [3.63, 3.8) is 0 Å². The average Bonchev–Trinajstić information content (AvgIpc) is 2.78. The van der Waals surface area contributed by atoms with E-state index in [-0.39, 0.29) is 5.91 Å². The van der Waals surface area contributed by atoms with E-state index < -0.39 is 5.41 Å². The first kappa shape index (κ1) is 20.9. The van der Waals surface area contributed by atoms with Gasteiger partial charge in [-0.25, -0.2) is 0 Å². The van der Waals surface area contributed by atoms with Crippen molar-refractivity contribution in [2.45, 2.75) is 57.9 Å². The third-order valence-corrected chi connectivity index (χ3v) is 6.67. The molecule has 160 valence electrons. The molecule has 2 saturated heterocycles. The summed E-state index contributed by atoms with van der Waals surface area (Å²) in [5.41, 5.74) is 5.48. The number of rotatable bonds is 5. The molecule has 0 bridgehead atoms. The molecule has 0 saturated carbocycles. The summed E-state index contributed by atoms with van der Waals surface area (Å²) in [5, 5.41) is 3.24. The number of amides is 1. The average molecular weight is 407 g/mol. The Morgan fingerprint density at radius 1 is 0.967 bits per heavy atom. The summed E-state index contributed by atoms with van der Waals surface area (Å²) in [7, 11) is 0. The van der Waals surface area contributed by atoms with Crippen molar-refractivity contribution in [2.75, 3.05) is 31.2 Å². The van der Waals surface area contributed by atoms with Gasteiger partial charge in [0.15, 0.2) is 0 Å². The standard InChI is InChI=1S/C26H34N2O2/c1-20-16-21(2)18-23(17-20)26(10-14-30-15-11-26)25(29)27-19-22-6-8-24(9-7-22)28-12-4-3-5-13-28/h6-9,16-18H,3-5,10-15,19H2,1-2H3,(H,27,29). The minimum absolute atomic E-state index is 0.121. The van der Waals surface area contributed by atoms with E-state index in [0.29, 0.717) is 19.8 Å². The van der Waals surface area contributed by atoms with Gasteiger partial charge in [0, 0.05) is 38.5 Å². The van der Waals surface area contributed by atoms with Crippen molar-refractivity contribution in [1.82, 2.24) is 5.32 Å². The molecular weight excluding hydrogens is 372 g/mol. The SMILES string of the molecule is Cc1cc(C)cc(C2(C(=O)NCc3ccc(N4CCCCC4)cc3)CCOCC2)c1. The molecule has 4 nitrogen and oxygen atoms in total. The highest BCUT2D eigenvalue weighted by Gasteiger charge is 2.41. The Bertz CT molecular complexity index is 843. The summed E-state index contributed by atoms with van der Waals surface area (Å²) < 4.78 is 5.61. The lowest BCUT2D eigenvalue weighted by atomic mass is 9.72. The molecule has 0 unspecified atom stereocenters. The highest BCUT2D eigenvalue weighted by Crippen LogP contribution is 2.36. The lowest BCUT2D eigenvalue weighted by Gasteiger charge is -2.36. The molecule has 2 fully saturated rings. The molecule has 0 radical (unpaired) electrons. The van der Waals surface area contributed by atoms with Crippen LogP contribution in [-0.2, 0) is 21.5 Å². The van der Waals surface area contributed by atoms with Gasteiger partial charge in [0.05, 0.1) is 5.41 Å². The predicted molar refractivity (Wildman–Crippen MR) is 122 cm³/mol. The number of carbonyl (C=O) groups is 1. The summed E-state index contributed by atoms with van der Waals surface area (Å²) in [4.78, 5) is 15.9. The molecule has 4 rings (SSSR count). The van der Waals surface area contributed by atoms with Crippen molar-refractivity contribution in [1.29, 1.82) is 0 Å². The molecule has 1 N–H and O–H groups in total. The van der Waals surface area contributed by atoms with Crippen LogP contribution in [0.3, 0.4) is 0 Å². The Hall–Kier alpha value is -2.33. The van der Waals surface area contributed by atoms with Crippen molar-refractivity contribution in [3.8, 4) is 0 Å². The summed E-state index contributed by atoms with van der Waals surface area (Å²) in [5.74, 6) is 0.121. The van der Waals surface area contributed by atoms with Gasteiger partial charge in [0.25, 0.3) is 0 Å². The lowest BCUT2D eigenvalue weighted by molar-refractivity contribution is -0.130. The topological polar surface area (TPSA) is 41.6 Å². The highest BCUT2D eigenvalue weighted by atomic mass is 16.5. The number of ether oxygens (including phenoxy) is 1. The number of anilines is 1. The fourth-order valence-corrected chi connectivity index (χ4v) is 4.95. The fraction of sp³-hybridized carbons (Fsp3) is 0.500. The van der Waals surface area contributed by atoms with E-state index in [4.69, 9.17) is 4.74 Å². The van der Waals surface area contributed by atoms with Gasteiger partial charge >= 0.3 is 0 Å². The first-order valence-corrected chi connectivity index (χ1v) is 11.4. The van der Waals surface area contributed by atoms with E-state index in [2.05, 4.69) is 66.5 Å². The van der Waals surface area contributed by atoms with Gasteiger partial charge in [-0.1, -0.05) is 41.5 Å². The molecule has 2 aromatic carbocycles. The van der Waals surface area contributed by atoms with Crippen LogP contribution in [0.1, 0.15) is 54.4 Å². The number of benzene rings is 2. The van der Waals surface area contributed by atoms with Gasteiger partial charge in [-0.05, 0) is 69.2 Å². The molecule has 1 amide bonds. The summed E-state index contributed by atoms with van der Waals surface area (Å²) in [6.45, 7) is 8.33. The Morgan fingerprint density at radius 2 is 1.60 bits per heavy atom. The van der Waals surface area contributed by atoms with Gasteiger partial charge < -0.3 is 15.0 Å². The highest BCUT2D eigenvalue weighted by molar-refractivity contribution is 5.88. The molecular formula is C26H34N2O2. The van der Waals surface area contributed by atoms with E-state index in [9.17, 15) is 4.79 Å². The van der Waals surface area contributed by atoms with Gasteiger partial charge in [-0.15, -0.1) is 0 Å². The van der Waals surface area contributed by atoms with Gasteiger partial charge in [-0.3, -0.25) is 4.79 Å². The first-order chi connectivity index (χ1) is 14.6. The molecule has 0 aliphatic carbocycles. The minimum Gasteiger partial charge on any atom is -0.381 e. The lowest BCUT2D eigenvalue weighted by Crippen LogP contribution is -2.47. The third-order valence-electron chi connectivity index (χ3n) is 6.67. The van der Waals surface area contributed by atoms with E-state index in [1.165, 1.54) is 36.1 Å². The van der Waals surface area contributed by atoms with Gasteiger partial charge in [-0.2, -0.15) is 0 Å². The van der Waals surface area contributed by atoms with Crippen LogP contribution in [0.25, 0.3) is 0 Å². The van der Waals surface area contributed by atoms with Crippen LogP contribution in [0.5, 0.6) is 0 Å². The van der Waals surface area contributed by atoms with E-state index >= 15 is 0 Å². The molecule has 2 heterocycles. The van der Waals surface area contributed by atoms with Crippen molar-refractivity contribution < 1.29 is 9.53 Å². The van der Waals surface area contributed by atoms with E-state index in [1.807, 2.05) is 0 Å². The van der Waals surface area contributed by atoms with Crippen LogP contribution in [0.15, 0.2) is 42.5 Å². The zero-order chi connectivity index (χ0) is 21.0. The Balaban J connectivity index is 1.46. The Morgan fingerprint density at radius 3 is 2.23 bits per heavy atom. The second-order valence-corrected chi connectivity index (χ2v) is 8.97. The van der Waals surface area contributed by atoms with E-state index in [1.54, 1.807) is 0 Å². The van der Waals surface area contributed by atoms with Crippen LogP contribution in [0.4, 0.5) is 5.69 Å². The normalized spacial score (nSPS) is 18.8. The number of nitrogens with one attached hydrogen (secondary N) is 1. The summed E-state index contributed by atoms with van der Waals surface area (Å²) in [6, 6.07) is 15.2. The molecule has 0 aromatic heterocycles. The molecule has 30 heavy (non-hydrogen) atoms. The number of carbonyl (C=O) groups excluding carboxylic acids is 1. The number of hydrogen-bond acceptors (Lipinski definition) is 3. The van der Waals surface area contributed by atoms with Crippen LogP contribution in [-0.4, -0.2) is 32.2 Å². The number of aryl methyl sites for hydroxylation is 2. The predicted octanol–water partition coefficient (Wildman–Crippen LogP) is 4.66. The monoisotopic (exact) mass is 406 g/mol. The first-order valence-electron chi connectivity index (χ1n) is 11.4. The van der Waals surface area contributed by atoms with Crippen LogP contribution >= 0.6 is 0 Å². The third kappa shape index (κ3) is 4.54. The second kappa shape index (κ2) is 9.22. The van der Waals surface area contributed by atoms with Gasteiger partial charge in [0.2, 0.25) is 5.91 Å². The summed E-state index contributed by atoms with van der Waals surface area (Å²) in [6.07, 6.45) is 5.36. The molecule has 0 spiro atoms. The maximum atomic E-state index is 13.5. The second-order valence-electron chi connectivity index (χ2n) is 8.97. The smallest absolute Gasteiger partial charge is 0.231 e. The van der Waals surface area contributed by atoms with Crippen molar-refractivity contribution in [3.05, 3.63) is 64.7 Å². The Kier molecular flexibility index (Phi) is 6.43. The fourth-order valence-electron chi connectivity index (χ4n) is 4.95. The largest absolute Gasteiger partial charge is 0.381 e. The van der Waals surface area contributed by atoms with Crippen LogP contribution < -0.4 is 10.2 Å². The number of piperidine rings is 1. The zero-order valence-electron chi connectivity index (χ0n) is 18.4. The molecule has 0 atom stereocenters. The van der Waals surface area contributed by atoms with Crippen molar-refractivity contribution >= 4 is 11.6 Å². The van der Waals surface area contributed by atoms with Crippen LogP contribution in [0.2, 0.25) is 0 Å². The van der Waals surface area contributed by atoms with E-state index in [0.717, 1.165) is 37.1 Å².